The molecule has 5 nitrogen and oxygen atoms in total. The summed E-state index contributed by atoms with van der Waals surface area (Å²) in [7, 11) is 0. The van der Waals surface area contributed by atoms with Crippen molar-refractivity contribution in [2.45, 2.75) is 46.1 Å². The van der Waals surface area contributed by atoms with E-state index in [-0.39, 0.29) is 17.5 Å². The van der Waals surface area contributed by atoms with Crippen LogP contribution in [0.15, 0.2) is 18.2 Å². The summed E-state index contributed by atoms with van der Waals surface area (Å²) < 4.78 is 5.64. The normalized spacial score (nSPS) is 25.0. The molecule has 0 bridgehead atoms. The molecule has 5 heteroatoms. The Hall–Kier alpha value is -1.91. The van der Waals surface area contributed by atoms with Crippen molar-refractivity contribution in [2.75, 3.05) is 0 Å². The molecule has 1 saturated carbocycles. The van der Waals surface area contributed by atoms with Gasteiger partial charge in [-0.2, -0.15) is 0 Å². The Morgan fingerprint density at radius 3 is 2.59 bits per heavy atom. The van der Waals surface area contributed by atoms with Gasteiger partial charge in [-0.1, -0.05) is 33.3 Å². The lowest BCUT2D eigenvalue weighted by molar-refractivity contribution is -0.255. The van der Waals surface area contributed by atoms with Gasteiger partial charge in [0.15, 0.2) is 0 Å². The molecule has 22 heavy (non-hydrogen) atoms. The molecule has 0 amide bonds. The van der Waals surface area contributed by atoms with Gasteiger partial charge >= 0.3 is 5.97 Å². The van der Waals surface area contributed by atoms with Gasteiger partial charge in [-0.15, -0.1) is 0 Å². The van der Waals surface area contributed by atoms with E-state index in [0.29, 0.717) is 17.8 Å². The maximum atomic E-state index is 12.3. The van der Waals surface area contributed by atoms with Crippen molar-refractivity contribution in [3.05, 3.63) is 29.6 Å². The second-order valence-corrected chi connectivity index (χ2v) is 6.47. The van der Waals surface area contributed by atoms with Crippen LogP contribution in [0.4, 0.5) is 0 Å². The van der Waals surface area contributed by atoms with Gasteiger partial charge in [-0.05, 0) is 42.7 Å². The number of carboxylic acids is 1. The number of aromatic nitrogens is 1. The maximum Gasteiger partial charge on any atom is 0.357 e. The smallest absolute Gasteiger partial charge is 0.357 e. The van der Waals surface area contributed by atoms with Crippen molar-refractivity contribution in [3.63, 3.8) is 0 Å². The van der Waals surface area contributed by atoms with E-state index in [1.165, 1.54) is 18.2 Å². The predicted molar refractivity (Wildman–Crippen MR) is 79.1 cm³/mol. The first-order chi connectivity index (χ1) is 10.4. The lowest BCUT2D eigenvalue weighted by Crippen LogP contribution is -2.36. The SMILES string of the molecule is CC(C)[C@@H]1CC[C@@H](C)C[C@H]1OC(=O)c1cccc(C(=O)[O-])n1. The molecule has 0 saturated heterocycles. The van der Waals surface area contributed by atoms with Crippen molar-refractivity contribution < 1.29 is 19.4 Å². The lowest BCUT2D eigenvalue weighted by atomic mass is 9.75. The molecule has 120 valence electrons. The highest BCUT2D eigenvalue weighted by Crippen LogP contribution is 2.35. The molecule has 1 aromatic rings. The van der Waals surface area contributed by atoms with E-state index in [0.717, 1.165) is 19.3 Å². The van der Waals surface area contributed by atoms with Gasteiger partial charge in [0, 0.05) is 0 Å². The second-order valence-electron chi connectivity index (χ2n) is 6.47. The van der Waals surface area contributed by atoms with Crippen molar-refractivity contribution in [1.82, 2.24) is 4.98 Å². The Morgan fingerprint density at radius 2 is 1.95 bits per heavy atom. The molecule has 1 heterocycles. The third kappa shape index (κ3) is 3.84. The zero-order valence-electron chi connectivity index (χ0n) is 13.2. The number of nitrogens with zero attached hydrogens (tertiary/aromatic N) is 1. The standard InChI is InChI=1S/C17H23NO4/c1-10(2)12-8-7-11(3)9-15(12)22-17(21)14-6-4-5-13(18-14)16(19)20/h4-6,10-12,15H,7-9H2,1-3H3,(H,19,20)/p-1/t11-,12+,15-/m1/s1. The largest absolute Gasteiger partial charge is 0.543 e. The Balaban J connectivity index is 2.12. The van der Waals surface area contributed by atoms with Gasteiger partial charge in [-0.3, -0.25) is 0 Å². The van der Waals surface area contributed by atoms with E-state index < -0.39 is 11.9 Å². The van der Waals surface area contributed by atoms with Crippen LogP contribution < -0.4 is 5.11 Å². The van der Waals surface area contributed by atoms with E-state index in [1.807, 2.05) is 0 Å². The molecule has 1 aliphatic carbocycles. The van der Waals surface area contributed by atoms with Crippen molar-refractivity contribution in [3.8, 4) is 0 Å². The van der Waals surface area contributed by atoms with Crippen LogP contribution in [0.3, 0.4) is 0 Å². The van der Waals surface area contributed by atoms with Gasteiger partial charge < -0.3 is 14.6 Å². The van der Waals surface area contributed by atoms with Gasteiger partial charge in [0.1, 0.15) is 11.8 Å². The molecule has 0 spiro atoms. The fraction of sp³-hybridized carbons (Fsp3) is 0.588. The fourth-order valence-electron chi connectivity index (χ4n) is 3.11. The summed E-state index contributed by atoms with van der Waals surface area (Å²) in [6, 6.07) is 4.23. The number of ether oxygens (including phenoxy) is 1. The average molecular weight is 304 g/mol. The quantitative estimate of drug-likeness (QED) is 0.796. The zero-order valence-corrected chi connectivity index (χ0v) is 13.2. The van der Waals surface area contributed by atoms with Crippen LogP contribution in [0.2, 0.25) is 0 Å². The fourth-order valence-corrected chi connectivity index (χ4v) is 3.11. The summed E-state index contributed by atoms with van der Waals surface area (Å²) in [5.41, 5.74) is -0.241. The molecular weight excluding hydrogens is 282 g/mol. The monoisotopic (exact) mass is 304 g/mol. The van der Waals surface area contributed by atoms with Crippen LogP contribution in [0, 0.1) is 17.8 Å². The minimum Gasteiger partial charge on any atom is -0.543 e. The topological polar surface area (TPSA) is 79.3 Å². The Labute approximate surface area is 130 Å². The summed E-state index contributed by atoms with van der Waals surface area (Å²) in [4.78, 5) is 26.9. The molecule has 1 aromatic heterocycles. The number of rotatable bonds is 4. The maximum absolute atomic E-state index is 12.3. The number of hydrogen-bond donors (Lipinski definition) is 0. The third-order valence-corrected chi connectivity index (χ3v) is 4.39. The molecule has 3 atom stereocenters. The highest BCUT2D eigenvalue weighted by atomic mass is 16.5. The number of esters is 1. The van der Waals surface area contributed by atoms with E-state index >= 15 is 0 Å². The molecule has 0 aliphatic heterocycles. The molecule has 1 aliphatic rings. The van der Waals surface area contributed by atoms with Gasteiger partial charge in [0.2, 0.25) is 0 Å². The van der Waals surface area contributed by atoms with Crippen LogP contribution in [-0.2, 0) is 4.74 Å². The predicted octanol–water partition coefficient (Wildman–Crippen LogP) is 2.06. The average Bonchev–Trinajstić information content (AvgIpc) is 2.47. The Kier molecular flexibility index (Phi) is 5.16. The summed E-state index contributed by atoms with van der Waals surface area (Å²) >= 11 is 0. The highest BCUT2D eigenvalue weighted by molar-refractivity contribution is 5.90. The van der Waals surface area contributed by atoms with Crippen LogP contribution >= 0.6 is 0 Å². The minimum atomic E-state index is -1.40. The third-order valence-electron chi connectivity index (χ3n) is 4.39. The second kappa shape index (κ2) is 6.90. The zero-order chi connectivity index (χ0) is 16.3. The summed E-state index contributed by atoms with van der Waals surface area (Å²) in [5.74, 6) is -0.665. The molecule has 0 unspecified atom stereocenters. The molecule has 0 N–H and O–H groups in total. The number of carboxylic acid groups (broad SMARTS) is 1. The van der Waals surface area contributed by atoms with Crippen LogP contribution in [0.1, 0.15) is 61.0 Å². The van der Waals surface area contributed by atoms with E-state index in [9.17, 15) is 14.7 Å². The number of hydrogen-bond acceptors (Lipinski definition) is 5. The summed E-state index contributed by atoms with van der Waals surface area (Å²) in [5, 5.41) is 10.8. The van der Waals surface area contributed by atoms with E-state index in [1.54, 1.807) is 0 Å². The Morgan fingerprint density at radius 1 is 1.27 bits per heavy atom. The van der Waals surface area contributed by atoms with Crippen LogP contribution in [-0.4, -0.2) is 23.0 Å². The number of aromatic carboxylic acids is 1. The Bertz CT molecular complexity index is 555. The first-order valence-corrected chi connectivity index (χ1v) is 7.78. The van der Waals surface area contributed by atoms with Crippen LogP contribution in [0.5, 0.6) is 0 Å². The molecular formula is C17H22NO4-. The number of carbonyl (C=O) groups excluding carboxylic acids is 2. The highest BCUT2D eigenvalue weighted by Gasteiger charge is 2.33. The summed E-state index contributed by atoms with van der Waals surface area (Å²) in [6.07, 6.45) is 2.90. The number of carbonyl (C=O) groups is 2. The van der Waals surface area contributed by atoms with Gasteiger partial charge in [0.25, 0.3) is 0 Å². The lowest BCUT2D eigenvalue weighted by Gasteiger charge is -2.36. The first-order valence-electron chi connectivity index (χ1n) is 7.78. The van der Waals surface area contributed by atoms with Crippen molar-refractivity contribution in [2.24, 2.45) is 17.8 Å². The molecule has 0 aromatic carbocycles. The molecule has 2 rings (SSSR count). The van der Waals surface area contributed by atoms with Crippen LogP contribution in [0.25, 0.3) is 0 Å². The molecule has 1 fully saturated rings. The van der Waals surface area contributed by atoms with Gasteiger partial charge in [0.05, 0.1) is 11.7 Å². The summed E-state index contributed by atoms with van der Waals surface area (Å²) in [6.45, 7) is 6.43. The van der Waals surface area contributed by atoms with Gasteiger partial charge in [-0.25, -0.2) is 9.78 Å². The van der Waals surface area contributed by atoms with E-state index in [2.05, 4.69) is 25.8 Å². The first kappa shape index (κ1) is 16.5. The minimum absolute atomic E-state index is 0.0161. The van der Waals surface area contributed by atoms with Crippen molar-refractivity contribution in [1.29, 1.82) is 0 Å². The van der Waals surface area contributed by atoms with Crippen molar-refractivity contribution >= 4 is 11.9 Å². The number of pyridine rings is 1. The van der Waals surface area contributed by atoms with E-state index in [4.69, 9.17) is 4.74 Å². The molecule has 0 radical (unpaired) electrons.